The highest BCUT2D eigenvalue weighted by molar-refractivity contribution is 7.96. The van der Waals surface area contributed by atoms with E-state index in [0.717, 1.165) is 0 Å². The normalized spacial score (nSPS) is 12.8. The first-order valence-corrected chi connectivity index (χ1v) is 7.05. The molecule has 0 aromatic heterocycles. The molecule has 1 saturated heterocycles. The Balaban J connectivity index is 0.000000272. The zero-order valence-corrected chi connectivity index (χ0v) is 12.4. The van der Waals surface area contributed by atoms with Crippen LogP contribution in [0.3, 0.4) is 0 Å². The minimum atomic E-state index is -0.139. The molecule has 102 valence electrons. The molecule has 0 aliphatic carbocycles. The third kappa shape index (κ3) is 13.3. The molecule has 0 spiro atoms. The quantitative estimate of drug-likeness (QED) is 0.803. The zero-order chi connectivity index (χ0) is 13.6. The van der Waals surface area contributed by atoms with Gasteiger partial charge in [-0.05, 0) is 37.9 Å². The van der Waals surface area contributed by atoms with Crippen LogP contribution in [0.2, 0.25) is 0 Å². The Morgan fingerprint density at radius 1 is 1.22 bits per heavy atom. The molecule has 0 atom stereocenters. The van der Waals surface area contributed by atoms with E-state index in [4.69, 9.17) is 0 Å². The molecular formula is C15H25NOS. The monoisotopic (exact) mass is 267 g/mol. The highest BCUT2D eigenvalue weighted by Crippen LogP contribution is 2.00. The van der Waals surface area contributed by atoms with E-state index < -0.39 is 0 Å². The van der Waals surface area contributed by atoms with Crippen LogP contribution in [-0.4, -0.2) is 18.2 Å². The molecule has 0 saturated carbocycles. The fourth-order valence-electron chi connectivity index (χ4n) is 1.56. The predicted molar refractivity (Wildman–Crippen MR) is 82.2 cm³/mol. The maximum Gasteiger partial charge on any atom is 0.182 e. The fourth-order valence-corrected chi connectivity index (χ4v) is 1.56. The van der Waals surface area contributed by atoms with E-state index in [1.165, 1.54) is 51.3 Å². The molecule has 18 heavy (non-hydrogen) atoms. The first kappa shape index (κ1) is 17.2. The lowest BCUT2D eigenvalue weighted by Gasteiger charge is -1.93. The molecule has 1 aliphatic heterocycles. The number of nitrogens with one attached hydrogen (secondary N) is 1. The summed E-state index contributed by atoms with van der Waals surface area (Å²) in [5, 5.41) is 3.08. The molecular weight excluding hydrogens is 242 g/mol. The Hall–Kier alpha value is -0.800. The van der Waals surface area contributed by atoms with Crippen LogP contribution < -0.4 is 5.32 Å². The lowest BCUT2D eigenvalue weighted by atomic mass is 10.1. The Morgan fingerprint density at radius 2 is 1.72 bits per heavy atom. The Kier molecular flexibility index (Phi) is 12.1. The van der Waals surface area contributed by atoms with Crippen molar-refractivity contribution in [2.75, 3.05) is 13.1 Å². The summed E-state index contributed by atoms with van der Waals surface area (Å²) >= 11 is 3.33. The van der Waals surface area contributed by atoms with Crippen molar-refractivity contribution in [3.63, 3.8) is 0 Å². The lowest BCUT2D eigenvalue weighted by molar-refractivity contribution is -0.108. The predicted octanol–water partition coefficient (Wildman–Crippen LogP) is 3.47. The molecule has 1 fully saturated rings. The van der Waals surface area contributed by atoms with Crippen LogP contribution in [0.4, 0.5) is 0 Å². The van der Waals surface area contributed by atoms with Gasteiger partial charge in [-0.3, -0.25) is 4.79 Å². The van der Waals surface area contributed by atoms with Crippen molar-refractivity contribution in [1.29, 1.82) is 0 Å². The van der Waals surface area contributed by atoms with E-state index in [9.17, 15) is 4.79 Å². The molecule has 1 N–H and O–H groups in total. The summed E-state index contributed by atoms with van der Waals surface area (Å²) < 4.78 is 0. The van der Waals surface area contributed by atoms with E-state index in [0.29, 0.717) is 0 Å². The van der Waals surface area contributed by atoms with E-state index in [1.807, 2.05) is 0 Å². The SMILES string of the molecule is C1CCNC1.CC(=O)S.CCCc1ccccc1. The van der Waals surface area contributed by atoms with Gasteiger partial charge in [0, 0.05) is 6.92 Å². The van der Waals surface area contributed by atoms with E-state index >= 15 is 0 Å². The molecule has 0 bridgehead atoms. The molecule has 1 aliphatic rings. The standard InChI is InChI=1S/C9H12.C4H9N.C2H4OS/c1-2-6-9-7-4-3-5-8-9;1-2-4-5-3-1;1-2(3)4/h3-5,7-8H,2,6H2,1H3;5H,1-4H2;1H3,(H,3,4). The lowest BCUT2D eigenvalue weighted by Crippen LogP contribution is -2.03. The Morgan fingerprint density at radius 3 is 2.06 bits per heavy atom. The largest absolute Gasteiger partial charge is 0.317 e. The third-order valence-electron chi connectivity index (χ3n) is 2.34. The summed E-state index contributed by atoms with van der Waals surface area (Å²) in [6.45, 7) is 6.09. The molecule has 2 nitrogen and oxygen atoms in total. The third-order valence-corrected chi connectivity index (χ3v) is 2.34. The number of hydrogen-bond acceptors (Lipinski definition) is 2. The second-order valence-electron chi connectivity index (χ2n) is 4.21. The highest BCUT2D eigenvalue weighted by atomic mass is 32.1. The summed E-state index contributed by atoms with van der Waals surface area (Å²) in [5.41, 5.74) is 1.44. The van der Waals surface area contributed by atoms with Gasteiger partial charge in [0.05, 0.1) is 0 Å². The molecule has 3 heteroatoms. The van der Waals surface area contributed by atoms with Crippen molar-refractivity contribution >= 4 is 17.7 Å². The van der Waals surface area contributed by atoms with Crippen molar-refractivity contribution in [3.05, 3.63) is 35.9 Å². The van der Waals surface area contributed by atoms with Crippen LogP contribution in [0, 0.1) is 0 Å². The van der Waals surface area contributed by atoms with Gasteiger partial charge >= 0.3 is 0 Å². The van der Waals surface area contributed by atoms with Crippen molar-refractivity contribution in [3.8, 4) is 0 Å². The first-order valence-electron chi connectivity index (χ1n) is 6.61. The summed E-state index contributed by atoms with van der Waals surface area (Å²) in [6, 6.07) is 10.6. The maximum atomic E-state index is 9.31. The molecule has 0 amide bonds. The number of rotatable bonds is 2. The summed E-state index contributed by atoms with van der Waals surface area (Å²) in [4.78, 5) is 9.31. The number of carbonyl (C=O) groups is 1. The van der Waals surface area contributed by atoms with Crippen LogP contribution >= 0.6 is 12.6 Å². The molecule has 0 unspecified atom stereocenters. The van der Waals surface area contributed by atoms with Crippen LogP contribution in [0.1, 0.15) is 38.7 Å². The van der Waals surface area contributed by atoms with E-state index in [1.54, 1.807) is 0 Å². The van der Waals surface area contributed by atoms with Crippen molar-refractivity contribution in [2.24, 2.45) is 0 Å². The number of aryl methyl sites for hydroxylation is 1. The average molecular weight is 267 g/mol. The van der Waals surface area contributed by atoms with Gasteiger partial charge in [0.2, 0.25) is 0 Å². The minimum absolute atomic E-state index is 0.139. The van der Waals surface area contributed by atoms with Gasteiger partial charge in [-0.15, -0.1) is 12.6 Å². The molecule has 1 aromatic carbocycles. The van der Waals surface area contributed by atoms with Crippen LogP contribution in [0.25, 0.3) is 0 Å². The van der Waals surface area contributed by atoms with Gasteiger partial charge < -0.3 is 5.32 Å². The van der Waals surface area contributed by atoms with Gasteiger partial charge in [-0.2, -0.15) is 0 Å². The average Bonchev–Trinajstić information content (AvgIpc) is 2.88. The fraction of sp³-hybridized carbons (Fsp3) is 0.533. The van der Waals surface area contributed by atoms with Crippen molar-refractivity contribution in [1.82, 2.24) is 5.32 Å². The second kappa shape index (κ2) is 12.7. The molecule has 1 aromatic rings. The number of hydrogen-bond donors (Lipinski definition) is 2. The molecule has 1 heterocycles. The molecule has 2 rings (SSSR count). The maximum absolute atomic E-state index is 9.31. The molecule has 0 radical (unpaired) electrons. The van der Waals surface area contributed by atoms with Crippen LogP contribution in [0.5, 0.6) is 0 Å². The van der Waals surface area contributed by atoms with Gasteiger partial charge in [0.1, 0.15) is 0 Å². The smallest absolute Gasteiger partial charge is 0.182 e. The van der Waals surface area contributed by atoms with Crippen LogP contribution in [-0.2, 0) is 11.2 Å². The van der Waals surface area contributed by atoms with E-state index in [2.05, 4.69) is 55.2 Å². The first-order chi connectivity index (χ1) is 8.66. The van der Waals surface area contributed by atoms with Crippen molar-refractivity contribution in [2.45, 2.75) is 39.5 Å². The minimum Gasteiger partial charge on any atom is -0.317 e. The summed E-state index contributed by atoms with van der Waals surface area (Å²) in [6.07, 6.45) is 5.23. The highest BCUT2D eigenvalue weighted by Gasteiger charge is 1.93. The Labute approximate surface area is 117 Å². The van der Waals surface area contributed by atoms with Gasteiger partial charge in [0.15, 0.2) is 5.12 Å². The van der Waals surface area contributed by atoms with Crippen molar-refractivity contribution < 1.29 is 4.79 Å². The Bertz CT molecular complexity index is 285. The number of benzene rings is 1. The van der Waals surface area contributed by atoms with Gasteiger partial charge in [-0.1, -0.05) is 43.7 Å². The van der Waals surface area contributed by atoms with E-state index in [-0.39, 0.29) is 5.12 Å². The topological polar surface area (TPSA) is 29.1 Å². The summed E-state index contributed by atoms with van der Waals surface area (Å²) in [7, 11) is 0. The summed E-state index contributed by atoms with van der Waals surface area (Å²) in [5.74, 6) is 0. The van der Waals surface area contributed by atoms with Crippen LogP contribution in [0.15, 0.2) is 30.3 Å². The van der Waals surface area contributed by atoms with Gasteiger partial charge in [0.25, 0.3) is 0 Å². The number of thiol groups is 1. The van der Waals surface area contributed by atoms with Gasteiger partial charge in [-0.25, -0.2) is 0 Å². The zero-order valence-electron chi connectivity index (χ0n) is 11.5. The second-order valence-corrected chi connectivity index (χ2v) is 4.84. The number of carbonyl (C=O) groups excluding carboxylic acids is 1.